The van der Waals surface area contributed by atoms with E-state index in [0.717, 1.165) is 0 Å². The SMILES string of the molecule is C=CC=CC(=C)C=O. The van der Waals surface area contributed by atoms with Crippen molar-refractivity contribution in [3.05, 3.63) is 37.0 Å². The molecule has 0 N–H and O–H groups in total. The molecule has 8 heavy (non-hydrogen) atoms. The molecule has 0 rings (SSSR count). The van der Waals surface area contributed by atoms with Crippen molar-refractivity contribution in [2.24, 2.45) is 0 Å². The van der Waals surface area contributed by atoms with Crippen molar-refractivity contribution >= 4 is 6.29 Å². The molecule has 0 spiro atoms. The number of rotatable bonds is 3. The highest BCUT2D eigenvalue weighted by Crippen LogP contribution is 1.85. The van der Waals surface area contributed by atoms with Gasteiger partial charge in [-0.1, -0.05) is 31.4 Å². The highest BCUT2D eigenvalue weighted by atomic mass is 16.1. The molecule has 0 aromatic carbocycles. The molecular formula is C7H8O. The molecule has 0 aliphatic carbocycles. The molecule has 1 nitrogen and oxygen atoms in total. The molecule has 0 aliphatic rings. The Morgan fingerprint density at radius 3 is 2.50 bits per heavy atom. The van der Waals surface area contributed by atoms with Gasteiger partial charge in [-0.15, -0.1) is 0 Å². The molecule has 0 saturated heterocycles. The molecule has 0 heterocycles. The summed E-state index contributed by atoms with van der Waals surface area (Å²) < 4.78 is 0. The fourth-order valence-electron chi connectivity index (χ4n) is 0.231. The highest BCUT2D eigenvalue weighted by Gasteiger charge is 1.75. The maximum absolute atomic E-state index is 9.83. The van der Waals surface area contributed by atoms with Gasteiger partial charge >= 0.3 is 0 Å². The Morgan fingerprint density at radius 2 is 2.12 bits per heavy atom. The Balaban J connectivity index is 3.69. The average Bonchev–Trinajstić information content (AvgIpc) is 1.83. The van der Waals surface area contributed by atoms with Gasteiger partial charge in [-0.05, 0) is 0 Å². The zero-order chi connectivity index (χ0) is 6.41. The van der Waals surface area contributed by atoms with E-state index in [1.165, 1.54) is 0 Å². The van der Waals surface area contributed by atoms with Crippen LogP contribution in [0.1, 0.15) is 0 Å². The maximum Gasteiger partial charge on any atom is 0.149 e. The summed E-state index contributed by atoms with van der Waals surface area (Å²) in [6.07, 6.45) is 5.55. The number of carbonyl (C=O) groups is 1. The van der Waals surface area contributed by atoms with E-state index in [1.807, 2.05) is 0 Å². The lowest BCUT2D eigenvalue weighted by atomic mass is 10.3. The maximum atomic E-state index is 9.83. The molecular weight excluding hydrogens is 100 g/mol. The average molecular weight is 108 g/mol. The monoisotopic (exact) mass is 108 g/mol. The smallest absolute Gasteiger partial charge is 0.149 e. The summed E-state index contributed by atoms with van der Waals surface area (Å²) in [5.41, 5.74) is 0.463. The Morgan fingerprint density at radius 1 is 1.50 bits per heavy atom. The highest BCUT2D eigenvalue weighted by molar-refractivity contribution is 5.76. The van der Waals surface area contributed by atoms with Gasteiger partial charge in [-0.2, -0.15) is 0 Å². The quantitative estimate of drug-likeness (QED) is 0.304. The zero-order valence-electron chi connectivity index (χ0n) is 4.63. The van der Waals surface area contributed by atoms with Gasteiger partial charge in [0.1, 0.15) is 6.29 Å². The molecule has 0 fully saturated rings. The van der Waals surface area contributed by atoms with Crippen molar-refractivity contribution in [2.45, 2.75) is 0 Å². The van der Waals surface area contributed by atoms with E-state index in [0.29, 0.717) is 11.9 Å². The Hall–Kier alpha value is -1.11. The second-order valence-electron chi connectivity index (χ2n) is 1.29. The molecule has 1 heteroatoms. The van der Waals surface area contributed by atoms with Gasteiger partial charge in [-0.25, -0.2) is 0 Å². The van der Waals surface area contributed by atoms with Crippen LogP contribution in [0.4, 0.5) is 0 Å². The molecule has 0 aromatic heterocycles. The van der Waals surface area contributed by atoms with Crippen LogP contribution in [-0.4, -0.2) is 6.29 Å². The van der Waals surface area contributed by atoms with Gasteiger partial charge in [0.05, 0.1) is 0 Å². The third-order valence-corrected chi connectivity index (χ3v) is 0.598. The summed E-state index contributed by atoms with van der Waals surface area (Å²) in [5.74, 6) is 0. The van der Waals surface area contributed by atoms with Crippen molar-refractivity contribution in [1.29, 1.82) is 0 Å². The summed E-state index contributed by atoms with van der Waals surface area (Å²) in [7, 11) is 0. The van der Waals surface area contributed by atoms with Gasteiger partial charge in [0, 0.05) is 5.57 Å². The summed E-state index contributed by atoms with van der Waals surface area (Å²) >= 11 is 0. The summed E-state index contributed by atoms with van der Waals surface area (Å²) in [4.78, 5) is 9.83. The first-order valence-corrected chi connectivity index (χ1v) is 2.24. The molecule has 0 amide bonds. The number of allylic oxidation sites excluding steroid dienone is 4. The fraction of sp³-hybridized carbons (Fsp3) is 0. The minimum absolute atomic E-state index is 0.463. The summed E-state index contributed by atoms with van der Waals surface area (Å²) in [6, 6.07) is 0. The lowest BCUT2D eigenvalue weighted by Crippen LogP contribution is -1.70. The molecule has 0 atom stereocenters. The van der Waals surface area contributed by atoms with E-state index in [2.05, 4.69) is 13.2 Å². The first-order valence-electron chi connectivity index (χ1n) is 2.24. The van der Waals surface area contributed by atoms with Gasteiger partial charge in [-0.3, -0.25) is 4.79 Å². The lowest BCUT2D eigenvalue weighted by Gasteiger charge is -1.76. The van der Waals surface area contributed by atoms with Crippen molar-refractivity contribution < 1.29 is 4.79 Å². The van der Waals surface area contributed by atoms with Crippen LogP contribution in [0.25, 0.3) is 0 Å². The number of carbonyl (C=O) groups excluding carboxylic acids is 1. The minimum atomic E-state index is 0.463. The Bertz CT molecular complexity index is 131. The van der Waals surface area contributed by atoms with Crippen molar-refractivity contribution in [2.75, 3.05) is 0 Å². The van der Waals surface area contributed by atoms with Crippen molar-refractivity contribution in [3.8, 4) is 0 Å². The van der Waals surface area contributed by atoms with E-state index in [1.54, 1.807) is 18.2 Å². The van der Waals surface area contributed by atoms with Crippen LogP contribution >= 0.6 is 0 Å². The Kier molecular flexibility index (Phi) is 3.50. The van der Waals surface area contributed by atoms with E-state index >= 15 is 0 Å². The predicted octanol–water partition coefficient (Wildman–Crippen LogP) is 1.48. The van der Waals surface area contributed by atoms with Crippen LogP contribution in [0.5, 0.6) is 0 Å². The molecule has 0 radical (unpaired) electrons. The van der Waals surface area contributed by atoms with Crippen molar-refractivity contribution in [1.82, 2.24) is 0 Å². The van der Waals surface area contributed by atoms with Gasteiger partial charge in [0.2, 0.25) is 0 Å². The van der Waals surface area contributed by atoms with Gasteiger partial charge in [0.25, 0.3) is 0 Å². The van der Waals surface area contributed by atoms with Crippen LogP contribution in [0, 0.1) is 0 Å². The Labute approximate surface area is 49.0 Å². The molecule has 0 aromatic rings. The van der Waals surface area contributed by atoms with Crippen LogP contribution < -0.4 is 0 Å². The standard InChI is InChI=1S/C7H8O/c1-3-4-5-7(2)6-8/h3-6H,1-2H2. The van der Waals surface area contributed by atoms with Crippen LogP contribution in [0.15, 0.2) is 37.0 Å². The van der Waals surface area contributed by atoms with E-state index in [4.69, 9.17) is 0 Å². The number of hydrogen-bond acceptors (Lipinski definition) is 1. The molecule has 0 bridgehead atoms. The second-order valence-corrected chi connectivity index (χ2v) is 1.29. The van der Waals surface area contributed by atoms with Gasteiger partial charge < -0.3 is 0 Å². The van der Waals surface area contributed by atoms with E-state index in [-0.39, 0.29) is 0 Å². The zero-order valence-corrected chi connectivity index (χ0v) is 4.63. The first kappa shape index (κ1) is 6.89. The van der Waals surface area contributed by atoms with Crippen LogP contribution in [-0.2, 0) is 4.79 Å². The minimum Gasteiger partial charge on any atom is -0.298 e. The van der Waals surface area contributed by atoms with Crippen LogP contribution in [0.3, 0.4) is 0 Å². The molecule has 42 valence electrons. The van der Waals surface area contributed by atoms with Gasteiger partial charge in [0.15, 0.2) is 0 Å². The largest absolute Gasteiger partial charge is 0.298 e. The summed E-state index contributed by atoms with van der Waals surface area (Å²) in [5, 5.41) is 0. The third-order valence-electron chi connectivity index (χ3n) is 0.598. The molecule has 0 saturated carbocycles. The molecule has 0 unspecified atom stereocenters. The third kappa shape index (κ3) is 3.09. The predicted molar refractivity (Wildman–Crippen MR) is 34.5 cm³/mol. The fourth-order valence-corrected chi connectivity index (χ4v) is 0.231. The summed E-state index contributed by atoms with van der Waals surface area (Å²) in [6.45, 7) is 6.83. The number of aldehydes is 1. The molecule has 0 aliphatic heterocycles. The van der Waals surface area contributed by atoms with E-state index < -0.39 is 0 Å². The number of hydrogen-bond donors (Lipinski definition) is 0. The van der Waals surface area contributed by atoms with Crippen molar-refractivity contribution in [3.63, 3.8) is 0 Å². The van der Waals surface area contributed by atoms with E-state index in [9.17, 15) is 4.79 Å². The second kappa shape index (κ2) is 4.06. The lowest BCUT2D eigenvalue weighted by molar-refractivity contribution is -0.104. The first-order chi connectivity index (χ1) is 3.81. The normalized spacial score (nSPS) is 9.00. The van der Waals surface area contributed by atoms with Crippen LogP contribution in [0.2, 0.25) is 0 Å². The topological polar surface area (TPSA) is 17.1 Å².